The molecule has 0 N–H and O–H groups in total. The molecule has 3 aromatic heterocycles. The summed E-state index contributed by atoms with van der Waals surface area (Å²) in [6.45, 7) is 10.6. The van der Waals surface area contributed by atoms with Crippen LogP contribution < -0.4 is 4.74 Å². The molecule has 0 aliphatic carbocycles. The number of hydrogen-bond acceptors (Lipinski definition) is 6. The Balaban J connectivity index is 1.61. The van der Waals surface area contributed by atoms with Gasteiger partial charge in [0.2, 0.25) is 11.8 Å². The summed E-state index contributed by atoms with van der Waals surface area (Å²) in [4.78, 5) is 18.7. The predicted octanol–water partition coefficient (Wildman–Crippen LogP) is 2.09. The normalized spacial score (nSPS) is 21.0. The van der Waals surface area contributed by atoms with Crippen LogP contribution in [0.15, 0.2) is 43.5 Å². The molecule has 0 aromatic carbocycles. The minimum Gasteiger partial charge on any atom is -0.473 e. The highest BCUT2D eigenvalue weighted by Crippen LogP contribution is 2.30. The summed E-state index contributed by atoms with van der Waals surface area (Å²) in [5.74, 6) is 0.330. The van der Waals surface area contributed by atoms with Crippen LogP contribution in [0.25, 0.3) is 16.8 Å². The van der Waals surface area contributed by atoms with Gasteiger partial charge in [-0.3, -0.25) is 9.48 Å². The average molecular weight is 410 g/mol. The number of rotatable bonds is 5. The zero-order chi connectivity index (χ0) is 21.5. The van der Waals surface area contributed by atoms with Gasteiger partial charge in [0, 0.05) is 25.4 Å². The maximum Gasteiger partial charge on any atom is 0.246 e. The molecule has 158 valence electrons. The molecule has 0 radical (unpaired) electrons. The monoisotopic (exact) mass is 410 g/mol. The average Bonchev–Trinajstić information content (AvgIpc) is 3.32. The molecule has 1 amide bonds. The lowest BCUT2D eigenvalue weighted by molar-refractivity contribution is -0.201. The fourth-order valence-corrected chi connectivity index (χ4v) is 3.93. The molecule has 4 rings (SSSR count). The maximum absolute atomic E-state index is 12.2. The first-order valence-corrected chi connectivity index (χ1v) is 9.76. The first-order chi connectivity index (χ1) is 14.2. The Morgan fingerprint density at radius 2 is 2.10 bits per heavy atom. The van der Waals surface area contributed by atoms with Crippen molar-refractivity contribution >= 4 is 11.4 Å². The zero-order valence-corrected chi connectivity index (χ0v) is 17.7. The van der Waals surface area contributed by atoms with E-state index in [1.165, 1.54) is 6.08 Å². The summed E-state index contributed by atoms with van der Waals surface area (Å²) in [6, 6.07) is 1.84. The van der Waals surface area contributed by atoms with Crippen LogP contribution in [-0.4, -0.2) is 66.1 Å². The number of fused-ring (bicyclic) bond motifs is 1. The topological polar surface area (TPSA) is 86.8 Å². The number of aromatic nitrogens is 5. The molecule has 30 heavy (non-hydrogen) atoms. The number of aryl methyl sites for hydroxylation is 1. The van der Waals surface area contributed by atoms with Crippen molar-refractivity contribution < 1.29 is 14.3 Å². The second-order valence-corrected chi connectivity index (χ2v) is 8.49. The van der Waals surface area contributed by atoms with E-state index in [9.17, 15) is 4.79 Å². The number of ether oxygens (including phenoxy) is 2. The molecule has 1 aliphatic heterocycles. The highest BCUT2D eigenvalue weighted by molar-refractivity contribution is 5.87. The van der Waals surface area contributed by atoms with E-state index >= 15 is 0 Å². The molecule has 1 fully saturated rings. The van der Waals surface area contributed by atoms with Gasteiger partial charge >= 0.3 is 0 Å². The number of nitrogens with zero attached hydrogens (tertiary/aromatic N) is 6. The van der Waals surface area contributed by atoms with E-state index in [1.807, 2.05) is 46.3 Å². The maximum atomic E-state index is 12.2. The molecule has 3 aromatic rings. The fraction of sp³-hybridized carbons (Fsp3) is 0.429. The number of hydrogen-bond donors (Lipinski definition) is 0. The quantitative estimate of drug-likeness (QED) is 0.599. The largest absolute Gasteiger partial charge is 0.473 e. The summed E-state index contributed by atoms with van der Waals surface area (Å²) >= 11 is 0. The molecular formula is C21H26N6O3. The Bertz CT molecular complexity index is 1100. The van der Waals surface area contributed by atoms with E-state index in [0.717, 1.165) is 11.1 Å². The van der Waals surface area contributed by atoms with Crippen LogP contribution in [0.1, 0.15) is 20.8 Å². The van der Waals surface area contributed by atoms with Crippen LogP contribution in [0.3, 0.4) is 0 Å². The SMILES string of the molecule is C=CC(=O)N1CC(C)(C)OC(C)(COc2nc(-c3cnn(C)c3)cn3nccc23)C1. The third kappa shape index (κ3) is 3.93. The lowest BCUT2D eigenvalue weighted by Crippen LogP contribution is -2.61. The van der Waals surface area contributed by atoms with E-state index < -0.39 is 11.2 Å². The first-order valence-electron chi connectivity index (χ1n) is 9.76. The number of morpholine rings is 1. The van der Waals surface area contributed by atoms with Crippen LogP contribution in [0, 0.1) is 0 Å². The van der Waals surface area contributed by atoms with Crippen LogP contribution in [0.5, 0.6) is 5.88 Å². The van der Waals surface area contributed by atoms with E-state index in [0.29, 0.717) is 24.7 Å². The van der Waals surface area contributed by atoms with Crippen molar-refractivity contribution in [3.8, 4) is 17.1 Å². The second kappa shape index (κ2) is 7.24. The van der Waals surface area contributed by atoms with Crippen LogP contribution >= 0.6 is 0 Å². The van der Waals surface area contributed by atoms with Gasteiger partial charge in [0.05, 0.1) is 36.4 Å². The van der Waals surface area contributed by atoms with Gasteiger partial charge in [-0.25, -0.2) is 9.50 Å². The molecule has 4 heterocycles. The lowest BCUT2D eigenvalue weighted by atomic mass is 9.98. The minimum absolute atomic E-state index is 0.118. The molecule has 1 unspecified atom stereocenters. The Morgan fingerprint density at radius 1 is 1.30 bits per heavy atom. The van der Waals surface area contributed by atoms with Crippen molar-refractivity contribution in [2.24, 2.45) is 7.05 Å². The van der Waals surface area contributed by atoms with Gasteiger partial charge in [0.15, 0.2) is 0 Å². The van der Waals surface area contributed by atoms with Crippen molar-refractivity contribution in [2.75, 3.05) is 19.7 Å². The van der Waals surface area contributed by atoms with Gasteiger partial charge in [-0.1, -0.05) is 6.58 Å². The first kappa shape index (κ1) is 20.1. The Labute approximate surface area is 174 Å². The third-order valence-corrected chi connectivity index (χ3v) is 4.98. The molecular weight excluding hydrogens is 384 g/mol. The molecule has 1 saturated heterocycles. The smallest absolute Gasteiger partial charge is 0.246 e. The summed E-state index contributed by atoms with van der Waals surface area (Å²) in [7, 11) is 1.85. The van der Waals surface area contributed by atoms with Crippen molar-refractivity contribution in [3.63, 3.8) is 0 Å². The summed E-state index contributed by atoms with van der Waals surface area (Å²) in [6.07, 6.45) is 8.49. The molecule has 1 atom stereocenters. The third-order valence-electron chi connectivity index (χ3n) is 4.98. The molecule has 9 nitrogen and oxygen atoms in total. The summed E-state index contributed by atoms with van der Waals surface area (Å²) < 4.78 is 15.9. The Kier molecular flexibility index (Phi) is 4.85. The molecule has 9 heteroatoms. The van der Waals surface area contributed by atoms with Crippen molar-refractivity contribution in [1.82, 2.24) is 29.3 Å². The van der Waals surface area contributed by atoms with Gasteiger partial charge < -0.3 is 14.4 Å². The van der Waals surface area contributed by atoms with E-state index in [-0.39, 0.29) is 12.5 Å². The van der Waals surface area contributed by atoms with E-state index in [2.05, 4.69) is 16.8 Å². The van der Waals surface area contributed by atoms with Crippen molar-refractivity contribution in [3.05, 3.63) is 43.5 Å². The Morgan fingerprint density at radius 3 is 2.80 bits per heavy atom. The van der Waals surface area contributed by atoms with E-state index in [1.54, 1.807) is 26.5 Å². The minimum atomic E-state index is -0.705. The zero-order valence-electron chi connectivity index (χ0n) is 17.7. The molecule has 0 bridgehead atoms. The van der Waals surface area contributed by atoms with Gasteiger partial charge in [-0.05, 0) is 32.9 Å². The van der Waals surface area contributed by atoms with Gasteiger partial charge in [0.25, 0.3) is 0 Å². The van der Waals surface area contributed by atoms with Crippen molar-refractivity contribution in [2.45, 2.75) is 32.0 Å². The number of carbonyl (C=O) groups is 1. The predicted molar refractivity (Wildman–Crippen MR) is 111 cm³/mol. The number of carbonyl (C=O) groups excluding carboxylic acids is 1. The summed E-state index contributed by atoms with van der Waals surface area (Å²) in [5, 5.41) is 8.54. The number of amides is 1. The van der Waals surface area contributed by atoms with Crippen molar-refractivity contribution in [1.29, 1.82) is 0 Å². The van der Waals surface area contributed by atoms with Gasteiger partial charge in [-0.2, -0.15) is 10.2 Å². The highest BCUT2D eigenvalue weighted by Gasteiger charge is 2.43. The second-order valence-electron chi connectivity index (χ2n) is 8.49. The van der Waals surface area contributed by atoms with E-state index in [4.69, 9.17) is 14.5 Å². The molecule has 0 spiro atoms. The van der Waals surface area contributed by atoms with Crippen LogP contribution in [0.4, 0.5) is 0 Å². The van der Waals surface area contributed by atoms with Gasteiger partial charge in [-0.15, -0.1) is 0 Å². The standard InChI is InChI=1S/C21H26N6O3/c1-6-18(28)26-12-20(2,3)30-21(4,13-26)14-29-19-17-7-8-22-27(17)11-16(24-19)15-9-23-25(5)10-15/h6-11H,1,12-14H2,2-5H3. The molecule has 1 aliphatic rings. The molecule has 0 saturated carbocycles. The Hall–Kier alpha value is -3.20. The fourth-order valence-electron chi connectivity index (χ4n) is 3.93. The van der Waals surface area contributed by atoms with Crippen LogP contribution in [-0.2, 0) is 16.6 Å². The highest BCUT2D eigenvalue weighted by atomic mass is 16.6. The summed E-state index contributed by atoms with van der Waals surface area (Å²) in [5.41, 5.74) is 1.10. The van der Waals surface area contributed by atoms with Gasteiger partial charge in [0.1, 0.15) is 17.7 Å². The van der Waals surface area contributed by atoms with Crippen LogP contribution in [0.2, 0.25) is 0 Å². The lowest BCUT2D eigenvalue weighted by Gasteiger charge is -2.48.